The second-order valence-electron chi connectivity index (χ2n) is 5.65. The summed E-state index contributed by atoms with van der Waals surface area (Å²) in [6.07, 6.45) is 4.45. The van der Waals surface area contributed by atoms with Crippen LogP contribution in [0.15, 0.2) is 18.2 Å². The third-order valence-corrected chi connectivity index (χ3v) is 3.38. The Morgan fingerprint density at radius 1 is 1.41 bits per heavy atom. The SMILES string of the molecule is CCCCC(N)c1ccc2c(c1)CC(C)(C)O2. The zero-order valence-electron chi connectivity index (χ0n) is 11.1. The first-order chi connectivity index (χ1) is 8.02. The van der Waals surface area contributed by atoms with Gasteiger partial charge in [-0.1, -0.05) is 31.9 Å². The first-order valence-corrected chi connectivity index (χ1v) is 6.59. The summed E-state index contributed by atoms with van der Waals surface area (Å²) in [5.41, 5.74) is 8.69. The Kier molecular flexibility index (Phi) is 3.43. The zero-order valence-corrected chi connectivity index (χ0v) is 11.1. The molecule has 1 heterocycles. The molecule has 2 heteroatoms. The minimum Gasteiger partial charge on any atom is -0.487 e. The predicted molar refractivity (Wildman–Crippen MR) is 71.3 cm³/mol. The summed E-state index contributed by atoms with van der Waals surface area (Å²) in [5.74, 6) is 1.03. The molecule has 0 fully saturated rings. The molecule has 1 aliphatic heterocycles. The molecule has 1 aromatic rings. The van der Waals surface area contributed by atoms with Crippen molar-refractivity contribution < 1.29 is 4.74 Å². The number of hydrogen-bond donors (Lipinski definition) is 1. The topological polar surface area (TPSA) is 35.2 Å². The van der Waals surface area contributed by atoms with Crippen LogP contribution in [-0.2, 0) is 6.42 Å². The highest BCUT2D eigenvalue weighted by molar-refractivity contribution is 5.42. The van der Waals surface area contributed by atoms with Gasteiger partial charge >= 0.3 is 0 Å². The summed E-state index contributed by atoms with van der Waals surface area (Å²) in [4.78, 5) is 0. The number of hydrogen-bond acceptors (Lipinski definition) is 2. The molecule has 0 amide bonds. The second kappa shape index (κ2) is 4.69. The van der Waals surface area contributed by atoms with Gasteiger partial charge in [0.25, 0.3) is 0 Å². The Bertz CT molecular complexity index is 398. The van der Waals surface area contributed by atoms with Gasteiger partial charge in [0, 0.05) is 12.5 Å². The van der Waals surface area contributed by atoms with Crippen LogP contribution in [0.1, 0.15) is 57.2 Å². The molecule has 1 aromatic carbocycles. The third kappa shape index (κ3) is 2.81. The van der Waals surface area contributed by atoms with Crippen molar-refractivity contribution in [2.45, 2.75) is 58.1 Å². The fourth-order valence-electron chi connectivity index (χ4n) is 2.45. The minimum atomic E-state index is -0.0610. The van der Waals surface area contributed by atoms with E-state index >= 15 is 0 Å². The minimum absolute atomic E-state index is 0.0610. The lowest BCUT2D eigenvalue weighted by Gasteiger charge is -2.16. The van der Waals surface area contributed by atoms with Crippen LogP contribution in [0.25, 0.3) is 0 Å². The third-order valence-electron chi connectivity index (χ3n) is 3.38. The smallest absolute Gasteiger partial charge is 0.123 e. The van der Waals surface area contributed by atoms with Gasteiger partial charge < -0.3 is 10.5 Å². The molecule has 17 heavy (non-hydrogen) atoms. The quantitative estimate of drug-likeness (QED) is 0.862. The molecule has 94 valence electrons. The maximum atomic E-state index is 6.20. The van der Waals surface area contributed by atoms with E-state index in [0.29, 0.717) is 0 Å². The van der Waals surface area contributed by atoms with Crippen molar-refractivity contribution in [2.75, 3.05) is 0 Å². The van der Waals surface area contributed by atoms with Crippen molar-refractivity contribution in [3.63, 3.8) is 0 Å². The van der Waals surface area contributed by atoms with E-state index in [-0.39, 0.29) is 11.6 Å². The molecular weight excluding hydrogens is 210 g/mol. The molecule has 1 atom stereocenters. The summed E-state index contributed by atoms with van der Waals surface area (Å²) in [6, 6.07) is 6.58. The number of unbranched alkanes of at least 4 members (excludes halogenated alkanes) is 1. The Balaban J connectivity index is 2.13. The fraction of sp³-hybridized carbons (Fsp3) is 0.600. The van der Waals surface area contributed by atoms with Gasteiger partial charge in [0.15, 0.2) is 0 Å². The first kappa shape index (κ1) is 12.4. The summed E-state index contributed by atoms with van der Waals surface area (Å²) in [5, 5.41) is 0. The van der Waals surface area contributed by atoms with Crippen LogP contribution in [0, 0.1) is 0 Å². The number of benzene rings is 1. The number of ether oxygens (including phenoxy) is 1. The van der Waals surface area contributed by atoms with E-state index in [2.05, 4.69) is 39.0 Å². The van der Waals surface area contributed by atoms with E-state index in [1.54, 1.807) is 0 Å². The summed E-state index contributed by atoms with van der Waals surface area (Å²) >= 11 is 0. The van der Waals surface area contributed by atoms with Crippen LogP contribution >= 0.6 is 0 Å². The highest BCUT2D eigenvalue weighted by Gasteiger charge is 2.30. The van der Waals surface area contributed by atoms with Crippen molar-refractivity contribution in [3.05, 3.63) is 29.3 Å². The van der Waals surface area contributed by atoms with Crippen LogP contribution in [0.3, 0.4) is 0 Å². The van der Waals surface area contributed by atoms with E-state index < -0.39 is 0 Å². The van der Waals surface area contributed by atoms with Crippen molar-refractivity contribution in [1.29, 1.82) is 0 Å². The number of rotatable bonds is 4. The van der Waals surface area contributed by atoms with Gasteiger partial charge in [-0.2, -0.15) is 0 Å². The Labute approximate surface area is 104 Å². The summed E-state index contributed by atoms with van der Waals surface area (Å²) in [6.45, 7) is 6.46. The number of nitrogens with two attached hydrogens (primary N) is 1. The maximum Gasteiger partial charge on any atom is 0.123 e. The van der Waals surface area contributed by atoms with E-state index in [9.17, 15) is 0 Å². The normalized spacial score (nSPS) is 18.6. The van der Waals surface area contributed by atoms with E-state index in [4.69, 9.17) is 10.5 Å². The molecule has 0 spiro atoms. The molecule has 1 unspecified atom stereocenters. The van der Waals surface area contributed by atoms with Gasteiger partial charge in [-0.15, -0.1) is 0 Å². The van der Waals surface area contributed by atoms with Gasteiger partial charge in [-0.25, -0.2) is 0 Å². The van der Waals surface area contributed by atoms with E-state index in [1.807, 2.05) is 0 Å². The highest BCUT2D eigenvalue weighted by Crippen LogP contribution is 2.36. The Hall–Kier alpha value is -1.02. The van der Waals surface area contributed by atoms with E-state index in [1.165, 1.54) is 24.0 Å². The monoisotopic (exact) mass is 233 g/mol. The molecule has 0 radical (unpaired) electrons. The van der Waals surface area contributed by atoms with E-state index in [0.717, 1.165) is 18.6 Å². The molecule has 0 aliphatic carbocycles. The maximum absolute atomic E-state index is 6.20. The van der Waals surface area contributed by atoms with Crippen LogP contribution < -0.4 is 10.5 Å². The molecule has 2 rings (SSSR count). The van der Waals surface area contributed by atoms with Gasteiger partial charge in [0.1, 0.15) is 11.4 Å². The van der Waals surface area contributed by atoms with Crippen LogP contribution in [-0.4, -0.2) is 5.60 Å². The molecule has 0 saturated heterocycles. The van der Waals surface area contributed by atoms with Crippen molar-refractivity contribution in [2.24, 2.45) is 5.73 Å². The summed E-state index contributed by atoms with van der Waals surface area (Å²) in [7, 11) is 0. The Morgan fingerprint density at radius 3 is 2.88 bits per heavy atom. The van der Waals surface area contributed by atoms with Crippen molar-refractivity contribution in [1.82, 2.24) is 0 Å². The number of fused-ring (bicyclic) bond motifs is 1. The lowest BCUT2D eigenvalue weighted by Crippen LogP contribution is -2.24. The highest BCUT2D eigenvalue weighted by atomic mass is 16.5. The summed E-state index contributed by atoms with van der Waals surface area (Å²) < 4.78 is 5.87. The standard InChI is InChI=1S/C15H23NO/c1-4-5-6-13(16)11-7-8-14-12(9-11)10-15(2,3)17-14/h7-9,13H,4-6,10,16H2,1-3H3. The van der Waals surface area contributed by atoms with Gasteiger partial charge in [0.2, 0.25) is 0 Å². The first-order valence-electron chi connectivity index (χ1n) is 6.59. The molecular formula is C15H23NO. The van der Waals surface area contributed by atoms with Gasteiger partial charge in [-0.05, 0) is 37.5 Å². The average Bonchev–Trinajstić information content (AvgIpc) is 2.58. The van der Waals surface area contributed by atoms with Crippen LogP contribution in [0.5, 0.6) is 5.75 Å². The average molecular weight is 233 g/mol. The molecule has 2 N–H and O–H groups in total. The molecule has 0 bridgehead atoms. The second-order valence-corrected chi connectivity index (χ2v) is 5.65. The van der Waals surface area contributed by atoms with Crippen molar-refractivity contribution >= 4 is 0 Å². The lowest BCUT2D eigenvalue weighted by atomic mass is 9.96. The predicted octanol–water partition coefficient (Wildman–Crippen LogP) is 3.59. The Morgan fingerprint density at radius 2 is 2.18 bits per heavy atom. The molecule has 2 nitrogen and oxygen atoms in total. The fourth-order valence-corrected chi connectivity index (χ4v) is 2.45. The molecule has 1 aliphatic rings. The largest absolute Gasteiger partial charge is 0.487 e. The van der Waals surface area contributed by atoms with Crippen LogP contribution in [0.4, 0.5) is 0 Å². The molecule has 0 saturated carbocycles. The zero-order chi connectivity index (χ0) is 12.5. The van der Waals surface area contributed by atoms with Gasteiger partial charge in [0.05, 0.1) is 0 Å². The van der Waals surface area contributed by atoms with Crippen LogP contribution in [0.2, 0.25) is 0 Å². The lowest BCUT2D eigenvalue weighted by molar-refractivity contribution is 0.138. The molecule has 0 aromatic heterocycles. The van der Waals surface area contributed by atoms with Gasteiger partial charge in [-0.3, -0.25) is 0 Å². The van der Waals surface area contributed by atoms with Crippen molar-refractivity contribution in [3.8, 4) is 5.75 Å².